The van der Waals surface area contributed by atoms with E-state index >= 15 is 0 Å². The summed E-state index contributed by atoms with van der Waals surface area (Å²) < 4.78 is 7.54. The summed E-state index contributed by atoms with van der Waals surface area (Å²) in [7, 11) is 1.69. The minimum atomic E-state index is 0.567. The fourth-order valence-electron chi connectivity index (χ4n) is 3.96. The van der Waals surface area contributed by atoms with Crippen molar-refractivity contribution in [3.63, 3.8) is 0 Å². The predicted molar refractivity (Wildman–Crippen MR) is 108 cm³/mol. The third-order valence-electron chi connectivity index (χ3n) is 5.37. The van der Waals surface area contributed by atoms with Crippen molar-refractivity contribution in [2.45, 2.75) is 13.8 Å². The molecule has 0 atom stereocenters. The van der Waals surface area contributed by atoms with Gasteiger partial charge < -0.3 is 14.5 Å². The van der Waals surface area contributed by atoms with Gasteiger partial charge in [0.25, 0.3) is 0 Å². The molecule has 1 aliphatic heterocycles. The Balaban J connectivity index is 1.80. The molecule has 1 aromatic carbocycles. The van der Waals surface area contributed by atoms with Crippen molar-refractivity contribution in [3.05, 3.63) is 41.7 Å². The quantitative estimate of drug-likeness (QED) is 0.693. The van der Waals surface area contributed by atoms with Crippen LogP contribution in [0.1, 0.15) is 11.4 Å². The lowest BCUT2D eigenvalue weighted by Gasteiger charge is -2.32. The monoisotopic (exact) mass is 377 g/mol. The average Bonchev–Trinajstić information content (AvgIpc) is 3.03. The lowest BCUT2D eigenvalue weighted by atomic mass is 10.1. The second-order valence-corrected chi connectivity index (χ2v) is 7.22. The molecule has 28 heavy (non-hydrogen) atoms. The molecule has 0 aliphatic carbocycles. The zero-order chi connectivity index (χ0) is 19.7. The van der Waals surface area contributed by atoms with Gasteiger partial charge in [0.15, 0.2) is 12.2 Å². The molecule has 1 aliphatic rings. The molecule has 0 unspecified atom stereocenters. The number of aryl methyl sites for hydroxylation is 2. The van der Waals surface area contributed by atoms with Gasteiger partial charge in [0, 0.05) is 17.3 Å². The lowest BCUT2D eigenvalue weighted by Crippen LogP contribution is -3.14. The van der Waals surface area contributed by atoms with Gasteiger partial charge >= 0.3 is 0 Å². The average molecular weight is 377 g/mol. The second kappa shape index (κ2) is 7.49. The summed E-state index contributed by atoms with van der Waals surface area (Å²) in [4.78, 5) is 8.51. The van der Waals surface area contributed by atoms with Crippen molar-refractivity contribution in [1.29, 1.82) is 5.26 Å². The smallest absolute Gasteiger partial charge is 0.165 e. The molecule has 0 amide bonds. The maximum Gasteiger partial charge on any atom is 0.165 e. The molecule has 144 valence electrons. The van der Waals surface area contributed by atoms with Crippen molar-refractivity contribution in [1.82, 2.24) is 14.6 Å². The zero-order valence-corrected chi connectivity index (χ0v) is 16.6. The fraction of sp³-hybridized carbons (Fsp3) is 0.381. The number of aromatic nitrogens is 3. The van der Waals surface area contributed by atoms with E-state index in [1.165, 1.54) is 4.90 Å². The van der Waals surface area contributed by atoms with Crippen LogP contribution in [-0.4, -0.2) is 54.4 Å². The molecule has 0 spiro atoms. The minimum Gasteiger partial charge on any atom is -0.496 e. The number of hydrogen-bond acceptors (Lipinski definition) is 5. The van der Waals surface area contributed by atoms with Gasteiger partial charge in [0.2, 0.25) is 0 Å². The minimum absolute atomic E-state index is 0.567. The van der Waals surface area contributed by atoms with Gasteiger partial charge in [0.05, 0.1) is 44.5 Å². The summed E-state index contributed by atoms with van der Waals surface area (Å²) in [5.41, 5.74) is 4.76. The van der Waals surface area contributed by atoms with Gasteiger partial charge in [-0.15, -0.1) is 0 Å². The first-order valence-corrected chi connectivity index (χ1v) is 9.58. The first kappa shape index (κ1) is 18.3. The largest absolute Gasteiger partial charge is 0.496 e. The fourth-order valence-corrected chi connectivity index (χ4v) is 3.96. The Labute approximate surface area is 164 Å². The Hall–Kier alpha value is -3.11. The first-order valence-electron chi connectivity index (χ1n) is 9.58. The van der Waals surface area contributed by atoms with E-state index in [0.29, 0.717) is 6.54 Å². The number of anilines is 1. The Morgan fingerprint density at radius 2 is 1.96 bits per heavy atom. The molecular formula is C21H25N6O+. The number of nitrogens with one attached hydrogen (secondary N) is 1. The number of piperazine rings is 1. The van der Waals surface area contributed by atoms with Crippen LogP contribution in [0.25, 0.3) is 16.8 Å². The van der Waals surface area contributed by atoms with Gasteiger partial charge in [-0.2, -0.15) is 14.9 Å². The summed E-state index contributed by atoms with van der Waals surface area (Å²) in [6.45, 7) is 8.32. The Morgan fingerprint density at radius 1 is 1.21 bits per heavy atom. The van der Waals surface area contributed by atoms with Crippen LogP contribution in [0.5, 0.6) is 5.75 Å². The molecule has 0 bridgehead atoms. The third kappa shape index (κ3) is 3.16. The molecule has 1 saturated heterocycles. The summed E-state index contributed by atoms with van der Waals surface area (Å²) >= 11 is 0. The van der Waals surface area contributed by atoms with Gasteiger partial charge in [-0.3, -0.25) is 0 Å². The molecule has 2 aromatic heterocycles. The van der Waals surface area contributed by atoms with Crippen LogP contribution in [0.15, 0.2) is 30.3 Å². The number of para-hydroxylation sites is 1. The normalized spacial score (nSPS) is 15.0. The number of rotatable bonds is 4. The Bertz CT molecular complexity index is 1040. The maximum atomic E-state index is 8.95. The van der Waals surface area contributed by atoms with Crippen molar-refractivity contribution in [2.75, 3.05) is 44.7 Å². The number of nitrogens with zero attached hydrogens (tertiary/aromatic N) is 5. The molecule has 7 nitrogen and oxygen atoms in total. The molecule has 7 heteroatoms. The predicted octanol–water partition coefficient (Wildman–Crippen LogP) is 1.25. The number of methoxy groups -OCH3 is 1. The summed E-state index contributed by atoms with van der Waals surface area (Å²) in [6, 6.07) is 12.4. The van der Waals surface area contributed by atoms with Crippen molar-refractivity contribution < 1.29 is 9.64 Å². The third-order valence-corrected chi connectivity index (χ3v) is 5.37. The summed E-state index contributed by atoms with van der Waals surface area (Å²) in [5, 5.41) is 13.8. The molecule has 3 aromatic rings. The highest BCUT2D eigenvalue weighted by atomic mass is 16.5. The topological polar surface area (TPSA) is 70.9 Å². The van der Waals surface area contributed by atoms with E-state index in [0.717, 1.165) is 65.9 Å². The van der Waals surface area contributed by atoms with E-state index in [1.807, 2.05) is 36.6 Å². The van der Waals surface area contributed by atoms with Crippen molar-refractivity contribution in [2.24, 2.45) is 0 Å². The molecule has 0 saturated carbocycles. The highest BCUT2D eigenvalue weighted by Crippen LogP contribution is 2.35. The molecular weight excluding hydrogens is 352 g/mol. The van der Waals surface area contributed by atoms with Crippen molar-refractivity contribution in [3.8, 4) is 22.9 Å². The van der Waals surface area contributed by atoms with Crippen LogP contribution < -0.4 is 14.5 Å². The number of hydrogen-bond donors (Lipinski definition) is 1. The van der Waals surface area contributed by atoms with E-state index in [-0.39, 0.29) is 0 Å². The van der Waals surface area contributed by atoms with E-state index in [2.05, 4.69) is 23.1 Å². The second-order valence-electron chi connectivity index (χ2n) is 7.22. The molecule has 0 radical (unpaired) electrons. The lowest BCUT2D eigenvalue weighted by molar-refractivity contribution is -0.893. The van der Waals surface area contributed by atoms with Crippen LogP contribution in [0.3, 0.4) is 0 Å². The van der Waals surface area contributed by atoms with Crippen molar-refractivity contribution >= 4 is 11.5 Å². The van der Waals surface area contributed by atoms with Gasteiger partial charge in [-0.25, -0.2) is 4.98 Å². The van der Waals surface area contributed by atoms with E-state index in [9.17, 15) is 0 Å². The van der Waals surface area contributed by atoms with Gasteiger partial charge in [-0.1, -0.05) is 18.2 Å². The Morgan fingerprint density at radius 3 is 2.68 bits per heavy atom. The molecule has 1 N–H and O–H groups in total. The van der Waals surface area contributed by atoms with Crippen LogP contribution in [-0.2, 0) is 0 Å². The summed E-state index contributed by atoms with van der Waals surface area (Å²) in [5.74, 6) is 1.88. The van der Waals surface area contributed by atoms with Gasteiger partial charge in [0.1, 0.15) is 17.6 Å². The standard InChI is InChI=1S/C21H24N6O/c1-15-14-19(26-12-10-25(9-8-22)11-13-26)27-21(23-15)20(16(2)24-27)17-6-4-5-7-18(17)28-3/h4-7,14H,9-13H2,1-3H3/p+1. The SMILES string of the molecule is COc1ccccc1-c1c(C)nn2c(N3CC[NH+](CC#N)CC3)cc(C)nc12. The van der Waals surface area contributed by atoms with E-state index < -0.39 is 0 Å². The Kier molecular flexibility index (Phi) is 4.88. The highest BCUT2D eigenvalue weighted by Gasteiger charge is 2.24. The molecule has 4 rings (SSSR count). The number of quaternary nitrogens is 1. The zero-order valence-electron chi connectivity index (χ0n) is 16.6. The maximum absolute atomic E-state index is 8.95. The summed E-state index contributed by atoms with van der Waals surface area (Å²) in [6.07, 6.45) is 0. The number of fused-ring (bicyclic) bond motifs is 1. The van der Waals surface area contributed by atoms with Gasteiger partial charge in [-0.05, 0) is 19.9 Å². The van der Waals surface area contributed by atoms with E-state index in [1.54, 1.807) is 7.11 Å². The molecule has 3 heterocycles. The van der Waals surface area contributed by atoms with E-state index in [4.69, 9.17) is 20.1 Å². The van der Waals surface area contributed by atoms with Crippen LogP contribution in [0, 0.1) is 25.2 Å². The van der Waals surface area contributed by atoms with Crippen LogP contribution in [0.2, 0.25) is 0 Å². The number of ether oxygens (including phenoxy) is 1. The number of nitriles is 1. The first-order chi connectivity index (χ1) is 13.6. The van der Waals surface area contributed by atoms with Crippen LogP contribution >= 0.6 is 0 Å². The van der Waals surface area contributed by atoms with Crippen LogP contribution in [0.4, 0.5) is 5.82 Å². The highest BCUT2D eigenvalue weighted by molar-refractivity contribution is 5.84. The number of benzene rings is 1. The molecule has 1 fully saturated rings.